The fraction of sp³-hybridized carbons (Fsp3) is 0.0909. The molecule has 0 fully saturated rings. The monoisotopic (exact) mass is 298 g/mol. The zero-order chi connectivity index (χ0) is 11.7. The summed E-state index contributed by atoms with van der Waals surface area (Å²) < 4.78 is 2.46. The Labute approximate surface area is 106 Å². The lowest BCUT2D eigenvalue weighted by atomic mass is 10.2. The number of rotatable bonds is 2. The van der Waals surface area contributed by atoms with Crippen LogP contribution in [0.15, 0.2) is 28.9 Å². The predicted octanol–water partition coefficient (Wildman–Crippen LogP) is 3.41. The average Bonchev–Trinajstić information content (AvgIpc) is 2.59. The SMILES string of the molecule is Cc1nn(-c2ccc(Br)cc2C=O)cc1Cl. The number of carbonyl (C=O) groups is 1. The number of hydrogen-bond acceptors (Lipinski definition) is 2. The molecular weight excluding hydrogens is 291 g/mol. The van der Waals surface area contributed by atoms with E-state index in [1.807, 2.05) is 19.1 Å². The van der Waals surface area contributed by atoms with Crippen molar-refractivity contribution in [2.75, 3.05) is 0 Å². The van der Waals surface area contributed by atoms with E-state index in [1.54, 1.807) is 16.9 Å². The molecule has 0 amide bonds. The molecule has 0 saturated carbocycles. The highest BCUT2D eigenvalue weighted by atomic mass is 79.9. The Bertz CT molecular complexity index is 531. The highest BCUT2D eigenvalue weighted by Crippen LogP contribution is 2.21. The van der Waals surface area contributed by atoms with Crippen LogP contribution in [0.1, 0.15) is 16.1 Å². The summed E-state index contributed by atoms with van der Waals surface area (Å²) in [6.07, 6.45) is 2.48. The maximum Gasteiger partial charge on any atom is 0.152 e. The molecule has 3 nitrogen and oxygen atoms in total. The van der Waals surface area contributed by atoms with E-state index in [2.05, 4.69) is 21.0 Å². The molecule has 2 aromatic rings. The first kappa shape index (κ1) is 11.4. The van der Waals surface area contributed by atoms with E-state index in [9.17, 15) is 4.79 Å². The summed E-state index contributed by atoms with van der Waals surface area (Å²) in [5.74, 6) is 0. The normalized spacial score (nSPS) is 10.4. The van der Waals surface area contributed by atoms with Crippen molar-refractivity contribution in [1.82, 2.24) is 9.78 Å². The van der Waals surface area contributed by atoms with Gasteiger partial charge in [-0.2, -0.15) is 5.10 Å². The summed E-state index contributed by atoms with van der Waals surface area (Å²) in [6.45, 7) is 1.82. The molecule has 0 N–H and O–H groups in total. The molecule has 0 bridgehead atoms. The number of carbonyl (C=O) groups excluding carboxylic acids is 1. The van der Waals surface area contributed by atoms with Gasteiger partial charge in [-0.1, -0.05) is 27.5 Å². The minimum absolute atomic E-state index is 0.563. The molecular formula is C11H8BrClN2O. The minimum Gasteiger partial charge on any atom is -0.298 e. The van der Waals surface area contributed by atoms with Gasteiger partial charge in [0.2, 0.25) is 0 Å². The molecule has 0 spiro atoms. The molecule has 0 saturated heterocycles. The number of nitrogens with zero attached hydrogens (tertiary/aromatic N) is 2. The van der Waals surface area contributed by atoms with Crippen LogP contribution in [0.25, 0.3) is 5.69 Å². The van der Waals surface area contributed by atoms with Gasteiger partial charge in [-0.3, -0.25) is 4.79 Å². The highest BCUT2D eigenvalue weighted by molar-refractivity contribution is 9.10. The van der Waals surface area contributed by atoms with Gasteiger partial charge in [0.25, 0.3) is 0 Å². The summed E-state index contributed by atoms with van der Waals surface area (Å²) in [5, 5.41) is 4.81. The molecule has 82 valence electrons. The van der Waals surface area contributed by atoms with Gasteiger partial charge in [-0.25, -0.2) is 4.68 Å². The molecule has 0 aliphatic carbocycles. The van der Waals surface area contributed by atoms with Crippen LogP contribution in [-0.2, 0) is 0 Å². The molecule has 16 heavy (non-hydrogen) atoms. The molecule has 0 aliphatic heterocycles. The number of benzene rings is 1. The molecule has 5 heteroatoms. The Balaban J connectivity index is 2.59. The fourth-order valence-corrected chi connectivity index (χ4v) is 1.90. The number of hydrogen-bond donors (Lipinski definition) is 0. The number of halogens is 2. The van der Waals surface area contributed by atoms with Crippen LogP contribution in [0.2, 0.25) is 5.02 Å². The van der Waals surface area contributed by atoms with Gasteiger partial charge in [0.1, 0.15) is 0 Å². The third-order valence-electron chi connectivity index (χ3n) is 2.20. The maximum absolute atomic E-state index is 10.9. The Kier molecular flexibility index (Phi) is 3.12. The molecule has 1 aromatic heterocycles. The zero-order valence-corrected chi connectivity index (χ0v) is 10.8. The van der Waals surface area contributed by atoms with Crippen molar-refractivity contribution in [3.8, 4) is 5.69 Å². The van der Waals surface area contributed by atoms with E-state index in [1.165, 1.54) is 0 Å². The van der Waals surface area contributed by atoms with Crippen molar-refractivity contribution in [1.29, 1.82) is 0 Å². The predicted molar refractivity (Wildman–Crippen MR) is 66.4 cm³/mol. The van der Waals surface area contributed by atoms with E-state index >= 15 is 0 Å². The van der Waals surface area contributed by atoms with Crippen molar-refractivity contribution >= 4 is 33.8 Å². The van der Waals surface area contributed by atoms with Gasteiger partial charge in [0.15, 0.2) is 6.29 Å². The van der Waals surface area contributed by atoms with E-state index in [-0.39, 0.29) is 0 Å². The summed E-state index contributed by atoms with van der Waals surface area (Å²) in [7, 11) is 0. The minimum atomic E-state index is 0.563. The van der Waals surface area contributed by atoms with Crippen LogP contribution >= 0.6 is 27.5 Å². The van der Waals surface area contributed by atoms with Crippen molar-refractivity contribution in [2.24, 2.45) is 0 Å². The van der Waals surface area contributed by atoms with Crippen molar-refractivity contribution in [3.63, 3.8) is 0 Å². The smallest absolute Gasteiger partial charge is 0.152 e. The molecule has 0 atom stereocenters. The lowest BCUT2D eigenvalue weighted by Crippen LogP contribution is -1.99. The van der Waals surface area contributed by atoms with Gasteiger partial charge < -0.3 is 0 Å². The van der Waals surface area contributed by atoms with Crippen molar-refractivity contribution in [2.45, 2.75) is 6.92 Å². The third-order valence-corrected chi connectivity index (χ3v) is 3.07. The number of aromatic nitrogens is 2. The molecule has 1 aromatic carbocycles. The first-order chi connectivity index (χ1) is 7.61. The summed E-state index contributed by atoms with van der Waals surface area (Å²) in [4.78, 5) is 10.9. The average molecular weight is 300 g/mol. The first-order valence-electron chi connectivity index (χ1n) is 4.58. The van der Waals surface area contributed by atoms with Crippen molar-refractivity contribution < 1.29 is 4.79 Å². The van der Waals surface area contributed by atoms with Gasteiger partial charge in [-0.05, 0) is 25.1 Å². The molecule has 2 rings (SSSR count). The Morgan fingerprint density at radius 2 is 2.25 bits per heavy atom. The first-order valence-corrected chi connectivity index (χ1v) is 5.76. The molecule has 1 heterocycles. The second-order valence-electron chi connectivity index (χ2n) is 3.33. The van der Waals surface area contributed by atoms with E-state index in [0.29, 0.717) is 16.3 Å². The molecule has 0 unspecified atom stereocenters. The van der Waals surface area contributed by atoms with E-state index in [4.69, 9.17) is 11.6 Å². The number of aldehydes is 1. The quantitative estimate of drug-likeness (QED) is 0.797. The number of aryl methyl sites for hydroxylation is 1. The maximum atomic E-state index is 10.9. The molecule has 0 radical (unpaired) electrons. The summed E-state index contributed by atoms with van der Waals surface area (Å²) in [6, 6.07) is 5.41. The van der Waals surface area contributed by atoms with Crippen molar-refractivity contribution in [3.05, 3.63) is 45.1 Å². The largest absolute Gasteiger partial charge is 0.298 e. The fourth-order valence-electron chi connectivity index (χ4n) is 1.39. The Hall–Kier alpha value is -1.13. The lowest BCUT2D eigenvalue weighted by Gasteiger charge is -2.04. The third kappa shape index (κ3) is 2.03. The standard InChI is InChI=1S/C11H8BrClN2O/c1-7-10(13)5-15(14-7)11-3-2-9(12)4-8(11)6-16/h2-6H,1H3. The Morgan fingerprint density at radius 1 is 1.50 bits per heavy atom. The van der Waals surface area contributed by atoms with Crippen LogP contribution in [-0.4, -0.2) is 16.1 Å². The van der Waals surface area contributed by atoms with Gasteiger partial charge in [0.05, 0.1) is 16.4 Å². The summed E-state index contributed by atoms with van der Waals surface area (Å²) >= 11 is 9.24. The second-order valence-corrected chi connectivity index (χ2v) is 4.65. The summed E-state index contributed by atoms with van der Waals surface area (Å²) in [5.41, 5.74) is 2.02. The van der Waals surface area contributed by atoms with Crippen LogP contribution in [0.5, 0.6) is 0 Å². The van der Waals surface area contributed by atoms with Gasteiger partial charge in [0, 0.05) is 16.2 Å². The van der Waals surface area contributed by atoms with Gasteiger partial charge in [-0.15, -0.1) is 0 Å². The molecule has 0 aliphatic rings. The van der Waals surface area contributed by atoms with Crippen LogP contribution in [0, 0.1) is 6.92 Å². The zero-order valence-electron chi connectivity index (χ0n) is 8.45. The Morgan fingerprint density at radius 3 is 2.81 bits per heavy atom. The van der Waals surface area contributed by atoms with Crippen LogP contribution in [0.4, 0.5) is 0 Å². The lowest BCUT2D eigenvalue weighted by molar-refractivity contribution is 0.112. The van der Waals surface area contributed by atoms with E-state index < -0.39 is 0 Å². The van der Waals surface area contributed by atoms with Crippen LogP contribution < -0.4 is 0 Å². The second kappa shape index (κ2) is 4.39. The van der Waals surface area contributed by atoms with Crippen LogP contribution in [0.3, 0.4) is 0 Å². The topological polar surface area (TPSA) is 34.9 Å². The highest BCUT2D eigenvalue weighted by Gasteiger charge is 2.08. The van der Waals surface area contributed by atoms with E-state index in [0.717, 1.165) is 16.5 Å². The van der Waals surface area contributed by atoms with Gasteiger partial charge >= 0.3 is 0 Å².